The van der Waals surface area contributed by atoms with Gasteiger partial charge in [0.2, 0.25) is 0 Å². The van der Waals surface area contributed by atoms with Gasteiger partial charge in [0.1, 0.15) is 11.2 Å². The second-order valence-electron chi connectivity index (χ2n) is 25.6. The molecule has 1 N–H and O–H groups in total. The number of hydrogen-bond donors (Lipinski definition) is 1. The molecule has 2 heterocycles. The highest BCUT2D eigenvalue weighted by Crippen LogP contribution is 2.53. The zero-order valence-corrected chi connectivity index (χ0v) is 43.8. The van der Waals surface area contributed by atoms with Crippen molar-refractivity contribution < 1.29 is 4.42 Å². The van der Waals surface area contributed by atoms with Gasteiger partial charge in [0, 0.05) is 44.8 Å². The average molecular weight is 918 g/mol. The van der Waals surface area contributed by atoms with Gasteiger partial charge >= 0.3 is 0 Å². The van der Waals surface area contributed by atoms with Gasteiger partial charge in [-0.1, -0.05) is 155 Å². The van der Waals surface area contributed by atoms with Gasteiger partial charge in [-0.15, -0.1) is 0 Å². The molecule has 0 atom stereocenters. The van der Waals surface area contributed by atoms with Gasteiger partial charge in [0.05, 0.1) is 0 Å². The summed E-state index contributed by atoms with van der Waals surface area (Å²) < 4.78 is 6.80. The molecule has 1 aliphatic heterocycles. The Labute approximate surface area is 418 Å². The van der Waals surface area contributed by atoms with E-state index < -0.39 is 0 Å². The minimum Gasteiger partial charge on any atom is -0.456 e. The number of anilines is 5. The first-order valence-corrected chi connectivity index (χ1v) is 26.2. The largest absolute Gasteiger partial charge is 0.456 e. The van der Waals surface area contributed by atoms with Crippen LogP contribution in [0.25, 0.3) is 44.2 Å². The molecule has 8 aromatic rings. The summed E-state index contributed by atoms with van der Waals surface area (Å²) in [5, 5.41) is 6.35. The first kappa shape index (κ1) is 45.2. The molecular weight excluding hydrogens is 848 g/mol. The fourth-order valence-corrected chi connectivity index (χ4v) is 13.2. The Morgan fingerprint density at radius 1 is 0.457 bits per heavy atom. The van der Waals surface area contributed by atoms with Crippen molar-refractivity contribution in [3.05, 3.63) is 161 Å². The number of hydrogen-bond acceptors (Lipinski definition) is 3. The van der Waals surface area contributed by atoms with Crippen LogP contribution in [0.3, 0.4) is 0 Å². The summed E-state index contributed by atoms with van der Waals surface area (Å²) in [6.45, 7) is 29.3. The van der Waals surface area contributed by atoms with E-state index in [4.69, 9.17) is 4.42 Å². The molecule has 3 aliphatic carbocycles. The highest BCUT2D eigenvalue weighted by molar-refractivity contribution is 6.73. The number of furan rings is 1. The maximum atomic E-state index is 6.80. The van der Waals surface area contributed by atoms with Crippen LogP contribution in [0.15, 0.2) is 132 Å². The van der Waals surface area contributed by atoms with Crippen LogP contribution in [0.2, 0.25) is 0 Å². The van der Waals surface area contributed by atoms with E-state index in [1.807, 2.05) is 0 Å². The van der Waals surface area contributed by atoms with Crippen molar-refractivity contribution in [3.63, 3.8) is 0 Å². The van der Waals surface area contributed by atoms with Crippen LogP contribution >= 0.6 is 0 Å². The van der Waals surface area contributed by atoms with E-state index in [2.05, 4.69) is 228 Å². The normalized spacial score (nSPS) is 19.6. The number of para-hydroxylation sites is 1. The third-order valence-corrected chi connectivity index (χ3v) is 18.1. The van der Waals surface area contributed by atoms with Crippen LogP contribution in [0, 0.1) is 0 Å². The van der Waals surface area contributed by atoms with Crippen LogP contribution in [0.4, 0.5) is 28.4 Å². The summed E-state index contributed by atoms with van der Waals surface area (Å²) >= 11 is 0. The number of nitrogens with zero attached hydrogens (tertiary/aromatic N) is 1. The molecule has 70 heavy (non-hydrogen) atoms. The van der Waals surface area contributed by atoms with Gasteiger partial charge < -0.3 is 14.6 Å². The predicted molar refractivity (Wildman–Crippen MR) is 300 cm³/mol. The van der Waals surface area contributed by atoms with E-state index in [9.17, 15) is 0 Å². The first-order chi connectivity index (χ1) is 33.1. The molecule has 0 unspecified atom stereocenters. The lowest BCUT2D eigenvalue weighted by Crippen LogP contribution is -2.44. The van der Waals surface area contributed by atoms with Crippen molar-refractivity contribution in [3.8, 4) is 22.3 Å². The maximum absolute atomic E-state index is 6.80. The minimum absolute atomic E-state index is 0.0466. The predicted octanol–water partition coefficient (Wildman–Crippen LogP) is 17.1. The summed E-state index contributed by atoms with van der Waals surface area (Å²) in [6, 6.07) is 48.8. The average Bonchev–Trinajstić information content (AvgIpc) is 3.71. The van der Waals surface area contributed by atoms with Gasteiger partial charge in [-0.25, -0.2) is 0 Å². The molecule has 1 aromatic heterocycles. The molecule has 12 rings (SSSR count). The smallest absolute Gasteiger partial charge is 0.197 e. The first-order valence-electron chi connectivity index (χ1n) is 26.2. The van der Waals surface area contributed by atoms with E-state index in [1.54, 1.807) is 0 Å². The molecule has 353 valence electrons. The molecule has 0 amide bonds. The summed E-state index contributed by atoms with van der Waals surface area (Å²) in [5.74, 6) is 0. The summed E-state index contributed by atoms with van der Waals surface area (Å²) in [4.78, 5) is 2.64. The van der Waals surface area contributed by atoms with Crippen molar-refractivity contribution >= 4 is 68.6 Å². The standard InChI is InChI=1S/C66H70BN2O/c1-61(2)28-30-63(5,6)48-36-42(22-24-46(48)61)68-53-26-27-57-59(44-20-16-17-21-56(44)70-57)58(53)45-34-41(40-18-14-13-15-19-40)35-55-60(45)67-52-38-50-51(66(11,12)33-32-65(50,9)10)39-54(52)69(55)43-23-25-47-49(37-43)64(7,8)31-29-62(47,3)4/h13-27,34-39,68H,28-33H2,1-12H3. The van der Waals surface area contributed by atoms with Gasteiger partial charge in [-0.3, -0.25) is 0 Å². The molecule has 1 radical (unpaired) electrons. The van der Waals surface area contributed by atoms with Gasteiger partial charge in [0.25, 0.3) is 0 Å². The second kappa shape index (κ2) is 15.3. The summed E-state index contributed by atoms with van der Waals surface area (Å²) in [5.41, 5.74) is 24.1. The van der Waals surface area contributed by atoms with Crippen LogP contribution in [0.1, 0.15) is 155 Å². The Morgan fingerprint density at radius 3 is 1.67 bits per heavy atom. The molecule has 0 spiro atoms. The quantitative estimate of drug-likeness (QED) is 0.174. The third kappa shape index (κ3) is 7.04. The van der Waals surface area contributed by atoms with Crippen LogP contribution in [-0.2, 0) is 32.5 Å². The fourth-order valence-electron chi connectivity index (χ4n) is 13.2. The molecule has 0 fully saturated rings. The number of nitrogens with one attached hydrogen (secondary N) is 1. The molecular formula is C66H70BN2O. The van der Waals surface area contributed by atoms with Crippen molar-refractivity contribution in [2.75, 3.05) is 10.2 Å². The highest BCUT2D eigenvalue weighted by Gasteiger charge is 2.42. The molecule has 3 nitrogen and oxygen atoms in total. The lowest BCUT2D eigenvalue weighted by Gasteiger charge is -2.45. The van der Waals surface area contributed by atoms with Crippen LogP contribution < -0.4 is 21.1 Å². The van der Waals surface area contributed by atoms with Gasteiger partial charge in [-0.2, -0.15) is 0 Å². The molecule has 7 aromatic carbocycles. The molecule has 0 saturated heterocycles. The molecule has 4 aliphatic rings. The topological polar surface area (TPSA) is 28.4 Å². The number of benzene rings is 7. The number of fused-ring (bicyclic) bond motifs is 8. The maximum Gasteiger partial charge on any atom is 0.197 e. The van der Waals surface area contributed by atoms with Crippen molar-refractivity contribution in [1.29, 1.82) is 0 Å². The van der Waals surface area contributed by atoms with E-state index in [0.717, 1.165) is 64.6 Å². The van der Waals surface area contributed by atoms with E-state index >= 15 is 0 Å². The Morgan fingerprint density at radius 2 is 1.01 bits per heavy atom. The lowest BCUT2D eigenvalue weighted by atomic mass is 9.55. The highest BCUT2D eigenvalue weighted by atomic mass is 16.3. The monoisotopic (exact) mass is 918 g/mol. The van der Waals surface area contributed by atoms with Crippen molar-refractivity contribution in [2.45, 2.75) is 154 Å². The molecule has 0 bridgehead atoms. The van der Waals surface area contributed by atoms with E-state index in [0.29, 0.717) is 0 Å². The minimum atomic E-state index is 0.0466. The second-order valence-corrected chi connectivity index (χ2v) is 25.6. The Kier molecular flexibility index (Phi) is 9.84. The van der Waals surface area contributed by atoms with E-state index in [-0.39, 0.29) is 32.5 Å². The van der Waals surface area contributed by atoms with Crippen LogP contribution in [-0.4, -0.2) is 7.28 Å². The zero-order chi connectivity index (χ0) is 48.9. The molecule has 0 saturated carbocycles. The SMILES string of the molecule is CC1(C)CCC(C)(C)c2cc(Nc3ccc4oc5ccccc5c4c3-c3cc(-c4ccccc4)cc4c3[B]c3cc5c(cc3N4c3ccc4c(c3)C(C)(C)CCC4(C)C)C(C)(C)CCC5(C)C)ccc21. The summed E-state index contributed by atoms with van der Waals surface area (Å²) in [6.07, 6.45) is 7.02. The molecule has 4 heteroatoms. The lowest BCUT2D eigenvalue weighted by molar-refractivity contribution is 0.332. The number of rotatable bonds is 5. The fraction of sp³-hybridized carbons (Fsp3) is 0.364. The third-order valence-electron chi connectivity index (χ3n) is 18.1. The van der Waals surface area contributed by atoms with Crippen molar-refractivity contribution in [1.82, 2.24) is 0 Å². The van der Waals surface area contributed by atoms with Crippen LogP contribution in [0.5, 0.6) is 0 Å². The van der Waals surface area contributed by atoms with Crippen molar-refractivity contribution in [2.24, 2.45) is 0 Å². The Balaban J connectivity index is 1.17. The Hall–Kier alpha value is -6.00. The Bertz CT molecular complexity index is 3450. The van der Waals surface area contributed by atoms with E-state index in [1.165, 1.54) is 90.9 Å². The zero-order valence-electron chi connectivity index (χ0n) is 43.8. The van der Waals surface area contributed by atoms with Gasteiger partial charge in [-0.05, 0) is 187 Å². The van der Waals surface area contributed by atoms with Gasteiger partial charge in [0.15, 0.2) is 7.28 Å². The summed E-state index contributed by atoms with van der Waals surface area (Å²) in [7, 11) is 2.53.